The molecule has 0 aliphatic heterocycles. The zero-order valence-corrected chi connectivity index (χ0v) is 11.9. The fraction of sp³-hybridized carbons (Fsp3) is 0.625. The first-order chi connectivity index (χ1) is 9.16. The highest BCUT2D eigenvalue weighted by molar-refractivity contribution is 5.38. The van der Waals surface area contributed by atoms with E-state index < -0.39 is 0 Å². The molecule has 1 aromatic carbocycles. The summed E-state index contributed by atoms with van der Waals surface area (Å²) in [6.45, 7) is 6.20. The van der Waals surface area contributed by atoms with Gasteiger partial charge in [0.1, 0.15) is 12.4 Å². The second kappa shape index (κ2) is 6.92. The van der Waals surface area contributed by atoms with Gasteiger partial charge >= 0.3 is 0 Å². The quantitative estimate of drug-likeness (QED) is 0.802. The predicted octanol–water partition coefficient (Wildman–Crippen LogP) is 3.11. The average Bonchev–Trinajstić information content (AvgIpc) is 2.39. The molecule has 0 aromatic heterocycles. The van der Waals surface area contributed by atoms with E-state index in [2.05, 4.69) is 19.9 Å². The van der Waals surface area contributed by atoms with Crippen molar-refractivity contribution in [3.05, 3.63) is 29.3 Å². The molecular weight excluding hydrogens is 240 g/mol. The van der Waals surface area contributed by atoms with E-state index in [0.717, 1.165) is 37.2 Å². The van der Waals surface area contributed by atoms with Gasteiger partial charge in [-0.25, -0.2) is 0 Å². The van der Waals surface area contributed by atoms with Crippen molar-refractivity contribution in [3.63, 3.8) is 0 Å². The maximum absolute atomic E-state index is 9.98. The minimum atomic E-state index is -0.329. The Morgan fingerprint density at radius 3 is 2.95 bits per heavy atom. The predicted molar refractivity (Wildman–Crippen MR) is 75.5 cm³/mol. The van der Waals surface area contributed by atoms with Gasteiger partial charge in [-0.3, -0.25) is 0 Å². The van der Waals surface area contributed by atoms with Gasteiger partial charge in [-0.15, -0.1) is 0 Å². The van der Waals surface area contributed by atoms with Crippen LogP contribution in [0.25, 0.3) is 0 Å². The Kier molecular flexibility index (Phi) is 5.23. The van der Waals surface area contributed by atoms with E-state index in [1.54, 1.807) is 0 Å². The molecule has 0 bridgehead atoms. The molecule has 1 aromatic rings. The Morgan fingerprint density at radius 2 is 2.16 bits per heavy atom. The first kappa shape index (κ1) is 14.4. The highest BCUT2D eigenvalue weighted by Gasteiger charge is 2.18. The first-order valence-electron chi connectivity index (χ1n) is 7.18. The molecule has 1 aliphatic rings. The Labute approximate surface area is 115 Å². The average molecular weight is 264 g/mol. The van der Waals surface area contributed by atoms with Crippen LogP contribution in [-0.4, -0.2) is 24.9 Å². The molecule has 0 amide bonds. The zero-order valence-electron chi connectivity index (χ0n) is 11.9. The molecule has 106 valence electrons. The van der Waals surface area contributed by atoms with E-state index >= 15 is 0 Å². The van der Waals surface area contributed by atoms with Gasteiger partial charge in [-0.2, -0.15) is 0 Å². The lowest BCUT2D eigenvalue weighted by Crippen LogP contribution is -2.12. The number of hydrogen-bond acceptors (Lipinski definition) is 3. The van der Waals surface area contributed by atoms with Crippen molar-refractivity contribution in [2.75, 3.05) is 19.8 Å². The molecular formula is C16H24O3. The van der Waals surface area contributed by atoms with Crippen molar-refractivity contribution in [1.29, 1.82) is 0 Å². The van der Waals surface area contributed by atoms with Gasteiger partial charge < -0.3 is 14.6 Å². The maximum atomic E-state index is 9.98. The van der Waals surface area contributed by atoms with Gasteiger partial charge in [-0.05, 0) is 48.4 Å². The van der Waals surface area contributed by atoms with Gasteiger partial charge in [0.2, 0.25) is 0 Å². The minimum absolute atomic E-state index is 0.329. The van der Waals surface area contributed by atoms with Crippen molar-refractivity contribution in [2.24, 2.45) is 5.92 Å². The summed E-state index contributed by atoms with van der Waals surface area (Å²) < 4.78 is 11.1. The van der Waals surface area contributed by atoms with Crippen LogP contribution in [0.1, 0.15) is 43.9 Å². The minimum Gasteiger partial charge on any atom is -0.491 e. The smallest absolute Gasteiger partial charge is 0.119 e. The highest BCUT2D eigenvalue weighted by Crippen LogP contribution is 2.32. The van der Waals surface area contributed by atoms with Crippen molar-refractivity contribution in [1.82, 2.24) is 0 Å². The molecule has 19 heavy (non-hydrogen) atoms. The van der Waals surface area contributed by atoms with Crippen LogP contribution in [-0.2, 0) is 11.2 Å². The molecule has 1 atom stereocenters. The lowest BCUT2D eigenvalue weighted by atomic mass is 9.89. The second-order valence-corrected chi connectivity index (χ2v) is 5.59. The molecule has 0 radical (unpaired) electrons. The lowest BCUT2D eigenvalue weighted by molar-refractivity contribution is 0.0817. The normalized spacial score (nSPS) is 18.4. The summed E-state index contributed by atoms with van der Waals surface area (Å²) >= 11 is 0. The Morgan fingerprint density at radius 1 is 1.32 bits per heavy atom. The first-order valence-corrected chi connectivity index (χ1v) is 7.18. The number of aliphatic hydroxyl groups is 1. The fourth-order valence-electron chi connectivity index (χ4n) is 2.38. The van der Waals surface area contributed by atoms with Gasteiger partial charge in [-0.1, -0.05) is 19.9 Å². The fourth-order valence-corrected chi connectivity index (χ4v) is 2.38. The Balaban J connectivity index is 1.83. The van der Waals surface area contributed by atoms with Crippen LogP contribution in [0.3, 0.4) is 0 Å². The van der Waals surface area contributed by atoms with Crippen LogP contribution in [0.15, 0.2) is 18.2 Å². The third-order valence-electron chi connectivity index (χ3n) is 3.35. The number of aliphatic hydroxyl groups excluding tert-OH is 1. The van der Waals surface area contributed by atoms with Crippen molar-refractivity contribution in [3.8, 4) is 5.75 Å². The van der Waals surface area contributed by atoms with Crippen molar-refractivity contribution < 1.29 is 14.6 Å². The number of fused-ring (bicyclic) bond motifs is 1. The molecule has 0 heterocycles. The summed E-state index contributed by atoms with van der Waals surface area (Å²) in [6.07, 6.45) is 2.65. The van der Waals surface area contributed by atoms with E-state index in [1.165, 1.54) is 5.56 Å². The SMILES string of the molecule is CC(C)COCCOc1ccc2c(c1)C(O)CCC2. The molecule has 1 unspecified atom stereocenters. The molecule has 3 heteroatoms. The van der Waals surface area contributed by atoms with E-state index in [0.29, 0.717) is 19.1 Å². The van der Waals surface area contributed by atoms with Crippen LogP contribution >= 0.6 is 0 Å². The van der Waals surface area contributed by atoms with Crippen LogP contribution in [0, 0.1) is 5.92 Å². The van der Waals surface area contributed by atoms with E-state index in [9.17, 15) is 5.11 Å². The van der Waals surface area contributed by atoms with E-state index in [4.69, 9.17) is 9.47 Å². The van der Waals surface area contributed by atoms with Crippen LogP contribution in [0.5, 0.6) is 5.75 Å². The number of rotatable bonds is 6. The molecule has 0 saturated carbocycles. The van der Waals surface area contributed by atoms with Crippen LogP contribution < -0.4 is 4.74 Å². The number of ether oxygens (including phenoxy) is 2. The zero-order chi connectivity index (χ0) is 13.7. The molecule has 3 nitrogen and oxygen atoms in total. The number of hydrogen-bond donors (Lipinski definition) is 1. The summed E-state index contributed by atoms with van der Waals surface area (Å²) in [6, 6.07) is 6.03. The Bertz CT molecular complexity index is 401. The topological polar surface area (TPSA) is 38.7 Å². The third-order valence-corrected chi connectivity index (χ3v) is 3.35. The standard InChI is InChI=1S/C16H24O3/c1-12(2)11-18-8-9-19-14-7-6-13-4-3-5-16(17)15(13)10-14/h6-7,10,12,16-17H,3-5,8-9,11H2,1-2H3. The molecule has 0 saturated heterocycles. The summed E-state index contributed by atoms with van der Waals surface area (Å²) in [4.78, 5) is 0. The number of aryl methyl sites for hydroxylation is 1. The molecule has 1 N–H and O–H groups in total. The second-order valence-electron chi connectivity index (χ2n) is 5.59. The van der Waals surface area contributed by atoms with Crippen LogP contribution in [0.4, 0.5) is 0 Å². The van der Waals surface area contributed by atoms with Crippen molar-refractivity contribution in [2.45, 2.75) is 39.2 Å². The van der Waals surface area contributed by atoms with Gasteiger partial charge in [0.15, 0.2) is 0 Å². The number of benzene rings is 1. The summed E-state index contributed by atoms with van der Waals surface area (Å²) in [7, 11) is 0. The van der Waals surface area contributed by atoms with Crippen LogP contribution in [0.2, 0.25) is 0 Å². The molecule has 2 rings (SSSR count). The summed E-state index contributed by atoms with van der Waals surface area (Å²) in [5, 5.41) is 9.98. The van der Waals surface area contributed by atoms with Gasteiger partial charge in [0.05, 0.1) is 12.7 Å². The maximum Gasteiger partial charge on any atom is 0.119 e. The molecule has 1 aliphatic carbocycles. The molecule has 0 spiro atoms. The van der Waals surface area contributed by atoms with E-state index in [-0.39, 0.29) is 6.10 Å². The monoisotopic (exact) mass is 264 g/mol. The van der Waals surface area contributed by atoms with E-state index in [1.807, 2.05) is 12.1 Å². The molecule has 0 fully saturated rings. The lowest BCUT2D eigenvalue weighted by Gasteiger charge is -2.22. The van der Waals surface area contributed by atoms with Gasteiger partial charge in [0.25, 0.3) is 0 Å². The Hall–Kier alpha value is -1.06. The summed E-state index contributed by atoms with van der Waals surface area (Å²) in [5.74, 6) is 1.38. The largest absolute Gasteiger partial charge is 0.491 e. The highest BCUT2D eigenvalue weighted by atomic mass is 16.5. The van der Waals surface area contributed by atoms with Crippen molar-refractivity contribution >= 4 is 0 Å². The summed E-state index contributed by atoms with van der Waals surface area (Å²) in [5.41, 5.74) is 2.29. The van der Waals surface area contributed by atoms with Gasteiger partial charge in [0, 0.05) is 6.61 Å². The third kappa shape index (κ3) is 4.22.